The van der Waals surface area contributed by atoms with Gasteiger partial charge in [0, 0.05) is 25.4 Å². The van der Waals surface area contributed by atoms with Crippen molar-refractivity contribution < 1.29 is 14.3 Å². The highest BCUT2D eigenvalue weighted by Gasteiger charge is 2.47. The Labute approximate surface area is 112 Å². The number of carbonyl (C=O) groups is 2. The number of likely N-dealkylation sites (tertiary alicyclic amines) is 1. The molecule has 1 aliphatic heterocycles. The first kappa shape index (κ1) is 12.2. The molecule has 1 aromatic rings. The Bertz CT molecular complexity index is 485. The fraction of sp³-hybridized carbons (Fsp3) is 0.467. The van der Waals surface area contributed by atoms with E-state index < -0.39 is 0 Å². The van der Waals surface area contributed by atoms with E-state index in [9.17, 15) is 9.59 Å². The second-order valence-corrected chi connectivity index (χ2v) is 5.29. The second kappa shape index (κ2) is 5.03. The van der Waals surface area contributed by atoms with E-state index in [1.54, 1.807) is 4.90 Å². The molecule has 1 aromatic carbocycles. The molecule has 0 N–H and O–H groups in total. The molecular formula is C15H17NO3. The smallest absolute Gasteiger partial charge is 0.410 e. The van der Waals surface area contributed by atoms with Gasteiger partial charge in [-0.25, -0.2) is 4.79 Å². The highest BCUT2D eigenvalue weighted by Crippen LogP contribution is 2.41. The van der Waals surface area contributed by atoms with Crippen LogP contribution in [0.1, 0.15) is 24.8 Å². The Hall–Kier alpha value is -1.84. The quantitative estimate of drug-likeness (QED) is 0.819. The number of nitrogens with zero attached hydrogens (tertiary/aromatic N) is 1. The van der Waals surface area contributed by atoms with Crippen LogP contribution in [0.4, 0.5) is 4.79 Å². The average molecular weight is 259 g/mol. The van der Waals surface area contributed by atoms with Gasteiger partial charge < -0.3 is 9.64 Å². The highest BCUT2D eigenvalue weighted by molar-refractivity contribution is 5.81. The summed E-state index contributed by atoms with van der Waals surface area (Å²) in [5.41, 5.74) is 0.981. The van der Waals surface area contributed by atoms with Crippen LogP contribution in [0.5, 0.6) is 0 Å². The third-order valence-corrected chi connectivity index (χ3v) is 3.85. The molecule has 2 aliphatic rings. The van der Waals surface area contributed by atoms with E-state index in [4.69, 9.17) is 4.74 Å². The fourth-order valence-corrected chi connectivity index (χ4v) is 2.67. The van der Waals surface area contributed by atoms with E-state index in [-0.39, 0.29) is 17.9 Å². The Morgan fingerprint density at radius 2 is 2.11 bits per heavy atom. The molecule has 4 heteroatoms. The molecule has 2 atom stereocenters. The van der Waals surface area contributed by atoms with Crippen LogP contribution in [0.2, 0.25) is 0 Å². The van der Waals surface area contributed by atoms with Gasteiger partial charge in [0.15, 0.2) is 0 Å². The summed E-state index contributed by atoms with van der Waals surface area (Å²) in [5, 5.41) is 0. The summed E-state index contributed by atoms with van der Waals surface area (Å²) in [6.07, 6.45) is 1.76. The number of hydrogen-bond acceptors (Lipinski definition) is 3. The number of amides is 1. The number of rotatable bonds is 2. The number of benzene rings is 1. The minimum Gasteiger partial charge on any atom is -0.445 e. The molecule has 0 radical (unpaired) electrons. The average Bonchev–Trinajstić information content (AvgIpc) is 3.17. The molecule has 1 heterocycles. The predicted molar refractivity (Wildman–Crippen MR) is 69.5 cm³/mol. The maximum atomic E-state index is 12.1. The van der Waals surface area contributed by atoms with E-state index in [1.807, 2.05) is 30.3 Å². The minimum atomic E-state index is -0.286. The molecule has 100 valence electrons. The van der Waals surface area contributed by atoms with Crippen LogP contribution in [0.15, 0.2) is 30.3 Å². The molecule has 1 amide bonds. The Kier molecular flexibility index (Phi) is 3.23. The van der Waals surface area contributed by atoms with Crippen LogP contribution in [0.25, 0.3) is 0 Å². The van der Waals surface area contributed by atoms with Gasteiger partial charge >= 0.3 is 6.09 Å². The van der Waals surface area contributed by atoms with Crippen LogP contribution < -0.4 is 0 Å². The topological polar surface area (TPSA) is 46.6 Å². The summed E-state index contributed by atoms with van der Waals surface area (Å²) in [6.45, 7) is 0.801. The van der Waals surface area contributed by atoms with Crippen LogP contribution in [0, 0.1) is 5.92 Å². The molecule has 4 nitrogen and oxygen atoms in total. The van der Waals surface area contributed by atoms with Crippen molar-refractivity contribution in [3.8, 4) is 0 Å². The molecule has 0 bridgehead atoms. The zero-order valence-corrected chi connectivity index (χ0v) is 10.7. The third kappa shape index (κ3) is 2.78. The molecule has 1 aliphatic carbocycles. The standard InChI is InChI=1S/C15H17NO3/c17-13-6-7-16(14-9-12(14)8-13)15(18)19-10-11-4-2-1-3-5-11/h1-5,12,14H,6-10H2/t12-,14+/m1/s1. The summed E-state index contributed by atoms with van der Waals surface area (Å²) in [5.74, 6) is 0.644. The van der Waals surface area contributed by atoms with Crippen molar-refractivity contribution in [3.63, 3.8) is 0 Å². The number of ketones is 1. The Morgan fingerprint density at radius 3 is 2.89 bits per heavy atom. The van der Waals surface area contributed by atoms with Crippen molar-refractivity contribution in [1.29, 1.82) is 0 Å². The second-order valence-electron chi connectivity index (χ2n) is 5.29. The maximum absolute atomic E-state index is 12.1. The van der Waals surface area contributed by atoms with Gasteiger partial charge in [0.25, 0.3) is 0 Å². The maximum Gasteiger partial charge on any atom is 0.410 e. The van der Waals surface area contributed by atoms with Crippen molar-refractivity contribution in [1.82, 2.24) is 4.90 Å². The predicted octanol–water partition coefficient (Wildman–Crippen LogP) is 2.38. The molecule has 1 saturated carbocycles. The van der Waals surface area contributed by atoms with Crippen LogP contribution in [0.3, 0.4) is 0 Å². The van der Waals surface area contributed by atoms with Crippen molar-refractivity contribution in [2.24, 2.45) is 5.92 Å². The number of Topliss-reactive ketones (excluding diaryl/α,β-unsaturated/α-hetero) is 1. The molecule has 0 unspecified atom stereocenters. The van der Waals surface area contributed by atoms with Crippen molar-refractivity contribution in [2.45, 2.75) is 31.9 Å². The SMILES string of the molecule is O=C1CCN(C(=O)OCc2ccccc2)[C@H]2C[C@H]2C1. The molecule has 0 aromatic heterocycles. The molecule has 0 spiro atoms. The Morgan fingerprint density at radius 1 is 1.32 bits per heavy atom. The van der Waals surface area contributed by atoms with Crippen LogP contribution in [-0.4, -0.2) is 29.4 Å². The van der Waals surface area contributed by atoms with E-state index in [1.165, 1.54) is 0 Å². The van der Waals surface area contributed by atoms with Gasteiger partial charge in [0.1, 0.15) is 12.4 Å². The summed E-state index contributed by atoms with van der Waals surface area (Å²) in [4.78, 5) is 25.3. The van der Waals surface area contributed by atoms with Crippen LogP contribution in [-0.2, 0) is 16.1 Å². The molecule has 19 heavy (non-hydrogen) atoms. The summed E-state index contributed by atoms with van der Waals surface area (Å²) < 4.78 is 5.33. The minimum absolute atomic E-state index is 0.231. The summed E-state index contributed by atoms with van der Waals surface area (Å²) in [7, 11) is 0. The lowest BCUT2D eigenvalue weighted by molar-refractivity contribution is -0.119. The van der Waals surface area contributed by atoms with Crippen molar-refractivity contribution >= 4 is 11.9 Å². The summed E-state index contributed by atoms with van der Waals surface area (Å²) >= 11 is 0. The van der Waals surface area contributed by atoms with Crippen LogP contribution >= 0.6 is 0 Å². The van der Waals surface area contributed by atoms with E-state index in [0.717, 1.165) is 12.0 Å². The van der Waals surface area contributed by atoms with E-state index in [0.29, 0.717) is 31.9 Å². The van der Waals surface area contributed by atoms with Gasteiger partial charge in [-0.2, -0.15) is 0 Å². The van der Waals surface area contributed by atoms with Gasteiger partial charge in [-0.3, -0.25) is 4.79 Å². The summed E-state index contributed by atoms with van der Waals surface area (Å²) in [6, 6.07) is 9.86. The number of ether oxygens (including phenoxy) is 1. The highest BCUT2D eigenvalue weighted by atomic mass is 16.6. The first-order chi connectivity index (χ1) is 9.24. The lowest BCUT2D eigenvalue weighted by atomic mass is 10.2. The van der Waals surface area contributed by atoms with Gasteiger partial charge in [-0.15, -0.1) is 0 Å². The molecule has 3 rings (SSSR count). The van der Waals surface area contributed by atoms with Gasteiger partial charge in [-0.05, 0) is 17.9 Å². The van der Waals surface area contributed by atoms with E-state index in [2.05, 4.69) is 0 Å². The largest absolute Gasteiger partial charge is 0.445 e. The number of carbonyl (C=O) groups excluding carboxylic acids is 2. The third-order valence-electron chi connectivity index (χ3n) is 3.85. The zero-order valence-electron chi connectivity index (χ0n) is 10.7. The number of hydrogen-bond donors (Lipinski definition) is 0. The monoisotopic (exact) mass is 259 g/mol. The van der Waals surface area contributed by atoms with Gasteiger partial charge in [0.05, 0.1) is 0 Å². The van der Waals surface area contributed by atoms with Gasteiger partial charge in [0.2, 0.25) is 0 Å². The number of fused-ring (bicyclic) bond motifs is 1. The normalized spacial score (nSPS) is 25.5. The molecule has 1 saturated heterocycles. The van der Waals surface area contributed by atoms with Gasteiger partial charge in [-0.1, -0.05) is 30.3 Å². The first-order valence-corrected chi connectivity index (χ1v) is 6.73. The molecule has 2 fully saturated rings. The zero-order chi connectivity index (χ0) is 13.2. The fourth-order valence-electron chi connectivity index (χ4n) is 2.67. The lowest BCUT2D eigenvalue weighted by Crippen LogP contribution is -2.34. The molecular weight excluding hydrogens is 242 g/mol. The van der Waals surface area contributed by atoms with Crippen molar-refractivity contribution in [3.05, 3.63) is 35.9 Å². The lowest BCUT2D eigenvalue weighted by Gasteiger charge is -2.20. The van der Waals surface area contributed by atoms with Crippen molar-refractivity contribution in [2.75, 3.05) is 6.54 Å². The Balaban J connectivity index is 1.57. The van der Waals surface area contributed by atoms with E-state index >= 15 is 0 Å². The first-order valence-electron chi connectivity index (χ1n) is 6.73.